The first kappa shape index (κ1) is 13.4. The zero-order valence-corrected chi connectivity index (χ0v) is 11.5. The molecule has 2 N–H and O–H groups in total. The van der Waals surface area contributed by atoms with Crippen LogP contribution in [0.25, 0.3) is 0 Å². The molecular weight excluding hydrogens is 248 g/mol. The van der Waals surface area contributed by atoms with E-state index >= 15 is 0 Å². The number of nitrogens with one attached hydrogen (secondary N) is 2. The standard InChI is InChI=1S/C13H20N2O2S/c1-18(16,17)13-7-5-11(6-8-13)15-10-12-4-2-3-9-14-12/h5-8,12,14-15H,2-4,9-10H2,1H3. The summed E-state index contributed by atoms with van der Waals surface area (Å²) < 4.78 is 22.6. The van der Waals surface area contributed by atoms with Crippen molar-refractivity contribution in [3.63, 3.8) is 0 Å². The van der Waals surface area contributed by atoms with Crippen LogP contribution >= 0.6 is 0 Å². The van der Waals surface area contributed by atoms with Gasteiger partial charge in [0.1, 0.15) is 0 Å². The quantitative estimate of drug-likeness (QED) is 0.871. The summed E-state index contributed by atoms with van der Waals surface area (Å²) in [6.07, 6.45) is 4.97. The van der Waals surface area contributed by atoms with Gasteiger partial charge >= 0.3 is 0 Å². The number of benzene rings is 1. The van der Waals surface area contributed by atoms with Crippen LogP contribution in [0, 0.1) is 0 Å². The molecule has 1 aromatic rings. The summed E-state index contributed by atoms with van der Waals surface area (Å²) in [5.74, 6) is 0. The Hall–Kier alpha value is -1.07. The van der Waals surface area contributed by atoms with Crippen LogP contribution in [-0.2, 0) is 9.84 Å². The third-order valence-electron chi connectivity index (χ3n) is 3.25. The van der Waals surface area contributed by atoms with Crippen molar-refractivity contribution in [1.29, 1.82) is 0 Å². The number of hydrogen-bond donors (Lipinski definition) is 2. The van der Waals surface area contributed by atoms with Crippen LogP contribution in [-0.4, -0.2) is 33.8 Å². The molecule has 1 aliphatic rings. The monoisotopic (exact) mass is 268 g/mol. The minimum atomic E-state index is -3.10. The SMILES string of the molecule is CS(=O)(=O)c1ccc(NCC2CCCCN2)cc1. The zero-order valence-electron chi connectivity index (χ0n) is 10.6. The summed E-state index contributed by atoms with van der Waals surface area (Å²) in [6.45, 7) is 1.98. The predicted octanol–water partition coefficient (Wildman–Crippen LogP) is 1.64. The van der Waals surface area contributed by atoms with Gasteiger partial charge in [-0.2, -0.15) is 0 Å². The molecule has 18 heavy (non-hydrogen) atoms. The van der Waals surface area contributed by atoms with E-state index in [1.54, 1.807) is 12.1 Å². The highest BCUT2D eigenvalue weighted by atomic mass is 32.2. The molecule has 0 bridgehead atoms. The second-order valence-corrected chi connectivity index (χ2v) is 6.84. The maximum absolute atomic E-state index is 11.3. The van der Waals surface area contributed by atoms with Crippen LogP contribution < -0.4 is 10.6 Å². The van der Waals surface area contributed by atoms with E-state index in [9.17, 15) is 8.42 Å². The van der Waals surface area contributed by atoms with Crippen LogP contribution in [0.5, 0.6) is 0 Å². The van der Waals surface area contributed by atoms with Gasteiger partial charge in [0.2, 0.25) is 0 Å². The molecular formula is C13H20N2O2S. The summed E-state index contributed by atoms with van der Waals surface area (Å²) in [4.78, 5) is 0.365. The molecule has 1 aromatic carbocycles. The minimum absolute atomic E-state index is 0.365. The van der Waals surface area contributed by atoms with Crippen LogP contribution in [0.15, 0.2) is 29.2 Å². The van der Waals surface area contributed by atoms with Gasteiger partial charge in [0.05, 0.1) is 4.90 Å². The van der Waals surface area contributed by atoms with Gasteiger partial charge in [0.25, 0.3) is 0 Å². The maximum Gasteiger partial charge on any atom is 0.175 e. The average Bonchev–Trinajstić information content (AvgIpc) is 2.37. The van der Waals surface area contributed by atoms with E-state index in [2.05, 4.69) is 10.6 Å². The Morgan fingerprint density at radius 1 is 1.28 bits per heavy atom. The van der Waals surface area contributed by atoms with Crippen molar-refractivity contribution in [2.24, 2.45) is 0 Å². The predicted molar refractivity (Wildman–Crippen MR) is 73.7 cm³/mol. The highest BCUT2D eigenvalue weighted by molar-refractivity contribution is 7.90. The average molecular weight is 268 g/mol. The normalized spacial score (nSPS) is 20.6. The first-order valence-corrected chi connectivity index (χ1v) is 8.22. The summed E-state index contributed by atoms with van der Waals surface area (Å²) in [6, 6.07) is 7.45. The van der Waals surface area contributed by atoms with Gasteiger partial charge < -0.3 is 10.6 Å². The van der Waals surface area contributed by atoms with Gasteiger partial charge in [-0.1, -0.05) is 6.42 Å². The molecule has 5 heteroatoms. The Bertz CT molecular complexity index is 476. The van der Waals surface area contributed by atoms with Gasteiger partial charge in [0.15, 0.2) is 9.84 Å². The minimum Gasteiger partial charge on any atom is -0.383 e. The third kappa shape index (κ3) is 3.71. The molecule has 100 valence electrons. The Labute approximate surface area is 109 Å². The fourth-order valence-electron chi connectivity index (χ4n) is 2.16. The van der Waals surface area contributed by atoms with Crippen molar-refractivity contribution < 1.29 is 8.42 Å². The van der Waals surface area contributed by atoms with Crippen molar-refractivity contribution in [2.75, 3.05) is 24.7 Å². The number of piperidine rings is 1. The van der Waals surface area contributed by atoms with Crippen LogP contribution in [0.3, 0.4) is 0 Å². The van der Waals surface area contributed by atoms with E-state index < -0.39 is 9.84 Å². The highest BCUT2D eigenvalue weighted by Crippen LogP contribution is 2.14. The summed E-state index contributed by atoms with van der Waals surface area (Å²) >= 11 is 0. The lowest BCUT2D eigenvalue weighted by Gasteiger charge is -2.24. The van der Waals surface area contributed by atoms with Crippen molar-refractivity contribution in [2.45, 2.75) is 30.2 Å². The molecule has 0 aliphatic carbocycles. The van der Waals surface area contributed by atoms with Crippen molar-refractivity contribution in [3.05, 3.63) is 24.3 Å². The molecule has 0 amide bonds. The molecule has 0 aromatic heterocycles. The Morgan fingerprint density at radius 2 is 2.00 bits per heavy atom. The largest absolute Gasteiger partial charge is 0.383 e. The van der Waals surface area contributed by atoms with Gasteiger partial charge in [-0.15, -0.1) is 0 Å². The molecule has 1 atom stereocenters. The van der Waals surface area contributed by atoms with Gasteiger partial charge in [0, 0.05) is 24.5 Å². The van der Waals surface area contributed by atoms with Crippen LogP contribution in [0.4, 0.5) is 5.69 Å². The molecule has 2 rings (SSSR count). The first-order valence-electron chi connectivity index (χ1n) is 6.33. The topological polar surface area (TPSA) is 58.2 Å². The lowest BCUT2D eigenvalue weighted by molar-refractivity contribution is 0.414. The van der Waals surface area contributed by atoms with Crippen molar-refractivity contribution >= 4 is 15.5 Å². The molecule has 4 nitrogen and oxygen atoms in total. The third-order valence-corrected chi connectivity index (χ3v) is 4.38. The number of hydrogen-bond acceptors (Lipinski definition) is 4. The number of anilines is 1. The van der Waals surface area contributed by atoms with Gasteiger partial charge in [-0.25, -0.2) is 8.42 Å². The number of sulfone groups is 1. The fourth-order valence-corrected chi connectivity index (χ4v) is 2.79. The van der Waals surface area contributed by atoms with E-state index in [4.69, 9.17) is 0 Å². The molecule has 1 fully saturated rings. The van der Waals surface area contributed by atoms with Crippen molar-refractivity contribution in [1.82, 2.24) is 5.32 Å². The van der Waals surface area contributed by atoms with Gasteiger partial charge in [-0.3, -0.25) is 0 Å². The van der Waals surface area contributed by atoms with E-state index in [-0.39, 0.29) is 0 Å². The molecule has 1 saturated heterocycles. The van der Waals surface area contributed by atoms with E-state index in [1.165, 1.54) is 25.5 Å². The van der Waals surface area contributed by atoms with Crippen molar-refractivity contribution in [3.8, 4) is 0 Å². The lowest BCUT2D eigenvalue weighted by Crippen LogP contribution is -2.39. The number of rotatable bonds is 4. The smallest absolute Gasteiger partial charge is 0.175 e. The highest BCUT2D eigenvalue weighted by Gasteiger charge is 2.12. The molecule has 1 heterocycles. The first-order chi connectivity index (χ1) is 8.55. The van der Waals surface area contributed by atoms with Crippen LogP contribution in [0.2, 0.25) is 0 Å². The maximum atomic E-state index is 11.3. The second-order valence-electron chi connectivity index (χ2n) is 4.82. The van der Waals surface area contributed by atoms with E-state index in [0.717, 1.165) is 18.8 Å². The molecule has 1 aliphatic heterocycles. The Kier molecular flexibility index (Phi) is 4.24. The van der Waals surface area contributed by atoms with Gasteiger partial charge in [-0.05, 0) is 43.7 Å². The summed E-state index contributed by atoms with van der Waals surface area (Å²) in [5, 5.41) is 6.80. The molecule has 0 saturated carbocycles. The lowest BCUT2D eigenvalue weighted by atomic mass is 10.1. The van der Waals surface area contributed by atoms with E-state index in [1.807, 2.05) is 12.1 Å². The molecule has 1 unspecified atom stereocenters. The summed E-state index contributed by atoms with van der Waals surface area (Å²) in [5.41, 5.74) is 0.967. The molecule has 0 spiro atoms. The molecule has 0 radical (unpaired) electrons. The van der Waals surface area contributed by atoms with Crippen LogP contribution in [0.1, 0.15) is 19.3 Å². The Morgan fingerprint density at radius 3 is 2.56 bits per heavy atom. The summed E-state index contributed by atoms with van der Waals surface area (Å²) in [7, 11) is -3.10. The zero-order chi connectivity index (χ0) is 13.0. The fraction of sp³-hybridized carbons (Fsp3) is 0.538. The Balaban J connectivity index is 1.90. The van der Waals surface area contributed by atoms with E-state index in [0.29, 0.717) is 10.9 Å². The second kappa shape index (κ2) is 5.71.